The van der Waals surface area contributed by atoms with Gasteiger partial charge in [0.1, 0.15) is 4.90 Å². The number of sulfonamides is 1. The second kappa shape index (κ2) is 5.94. The summed E-state index contributed by atoms with van der Waals surface area (Å²) in [5, 5.41) is 4.16. The van der Waals surface area contributed by atoms with Crippen molar-refractivity contribution in [2.24, 2.45) is 12.9 Å². The quantitative estimate of drug-likeness (QED) is 0.461. The van der Waals surface area contributed by atoms with Crippen LogP contribution in [0.25, 0.3) is 0 Å². The molecule has 0 bridgehead atoms. The average molecular weight is 297 g/mol. The highest BCUT2D eigenvalue weighted by Gasteiger charge is 2.14. The summed E-state index contributed by atoms with van der Waals surface area (Å²) in [7, 11) is -1.82. The average Bonchev–Trinajstić information content (AvgIpc) is 2.84. The summed E-state index contributed by atoms with van der Waals surface area (Å²) >= 11 is 0. The van der Waals surface area contributed by atoms with Crippen molar-refractivity contribution in [1.29, 1.82) is 0 Å². The van der Waals surface area contributed by atoms with E-state index >= 15 is 0 Å². The van der Waals surface area contributed by atoms with Crippen molar-refractivity contribution in [3.63, 3.8) is 0 Å². The van der Waals surface area contributed by atoms with E-state index in [4.69, 9.17) is 5.84 Å². The van der Waals surface area contributed by atoms with Crippen LogP contribution in [-0.2, 0) is 23.5 Å². The van der Waals surface area contributed by atoms with Crippen LogP contribution in [0, 0.1) is 0 Å². The third-order valence-electron chi connectivity index (χ3n) is 2.51. The van der Waals surface area contributed by atoms with Crippen LogP contribution in [0.5, 0.6) is 0 Å². The van der Waals surface area contributed by atoms with Crippen molar-refractivity contribution in [2.75, 3.05) is 12.0 Å². The number of anilines is 1. The number of nitrogens with two attached hydrogens (primary N) is 1. The molecule has 0 amide bonds. The van der Waals surface area contributed by atoms with Crippen molar-refractivity contribution in [3.05, 3.63) is 30.4 Å². The predicted molar refractivity (Wildman–Crippen MR) is 71.9 cm³/mol. The van der Waals surface area contributed by atoms with Crippen LogP contribution >= 0.6 is 0 Å². The number of hydrazine groups is 1. The Morgan fingerprint density at radius 2 is 2.05 bits per heavy atom. The van der Waals surface area contributed by atoms with Gasteiger partial charge in [-0.1, -0.05) is 0 Å². The van der Waals surface area contributed by atoms with E-state index in [0.717, 1.165) is 5.69 Å². The molecule has 0 saturated carbocycles. The Hall–Kier alpha value is -2.04. The maximum atomic E-state index is 12.0. The Morgan fingerprint density at radius 3 is 2.60 bits per heavy atom. The van der Waals surface area contributed by atoms with Crippen molar-refractivity contribution < 1.29 is 8.42 Å². The first-order valence-electron chi connectivity index (χ1n) is 5.78. The molecule has 0 radical (unpaired) electrons. The van der Waals surface area contributed by atoms with Gasteiger partial charge in [0, 0.05) is 26.2 Å². The van der Waals surface area contributed by atoms with E-state index in [1.165, 1.54) is 12.4 Å². The highest BCUT2D eigenvalue weighted by atomic mass is 32.2. The number of hydrogen-bond donors (Lipinski definition) is 3. The van der Waals surface area contributed by atoms with Gasteiger partial charge in [0.15, 0.2) is 0 Å². The van der Waals surface area contributed by atoms with Gasteiger partial charge in [0.2, 0.25) is 16.0 Å². The Morgan fingerprint density at radius 1 is 1.35 bits per heavy atom. The van der Waals surface area contributed by atoms with Crippen molar-refractivity contribution >= 4 is 16.0 Å². The van der Waals surface area contributed by atoms with Crippen LogP contribution in [0.3, 0.4) is 0 Å². The van der Waals surface area contributed by atoms with Crippen LogP contribution in [0.2, 0.25) is 0 Å². The van der Waals surface area contributed by atoms with Crippen LogP contribution in [0.15, 0.2) is 29.6 Å². The molecule has 0 unspecified atom stereocenters. The second-order valence-electron chi connectivity index (χ2n) is 4.02. The van der Waals surface area contributed by atoms with E-state index < -0.39 is 10.0 Å². The standard InChI is InChI=1S/C10H15N7O2S/c1-17-5-3-8(16-17)2-4-14-20(18,19)9-6-12-10(15-11)13-7-9/h3,5-7,14H,2,4,11H2,1H3,(H,12,13,15). The van der Waals surface area contributed by atoms with E-state index in [1.807, 2.05) is 6.07 Å². The molecule has 0 aliphatic rings. The minimum Gasteiger partial charge on any atom is -0.292 e. The van der Waals surface area contributed by atoms with Gasteiger partial charge in [0.25, 0.3) is 0 Å². The molecule has 2 aromatic rings. The minimum absolute atomic E-state index is 0.0162. The van der Waals surface area contributed by atoms with Crippen LogP contribution in [0.1, 0.15) is 5.69 Å². The molecule has 2 aromatic heterocycles. The first-order valence-corrected chi connectivity index (χ1v) is 7.26. The van der Waals surface area contributed by atoms with Crippen molar-refractivity contribution in [1.82, 2.24) is 24.5 Å². The maximum Gasteiger partial charge on any atom is 0.243 e. The molecule has 20 heavy (non-hydrogen) atoms. The van der Waals surface area contributed by atoms with Gasteiger partial charge in [-0.15, -0.1) is 0 Å². The lowest BCUT2D eigenvalue weighted by atomic mass is 10.3. The Labute approximate surface area is 116 Å². The molecule has 0 atom stereocenters. The van der Waals surface area contributed by atoms with Gasteiger partial charge in [-0.05, 0) is 6.07 Å². The number of aromatic nitrogens is 4. The van der Waals surface area contributed by atoms with E-state index in [1.54, 1.807) is 17.9 Å². The van der Waals surface area contributed by atoms with Crippen molar-refractivity contribution in [3.8, 4) is 0 Å². The molecule has 4 N–H and O–H groups in total. The van der Waals surface area contributed by atoms with Gasteiger partial charge in [-0.25, -0.2) is 29.0 Å². The molecule has 0 fully saturated rings. The topological polar surface area (TPSA) is 128 Å². The molecular formula is C10H15N7O2S. The Bertz CT molecular complexity index is 665. The summed E-state index contributed by atoms with van der Waals surface area (Å²) in [4.78, 5) is 7.49. The summed E-state index contributed by atoms with van der Waals surface area (Å²) in [6, 6.07) is 1.83. The maximum absolute atomic E-state index is 12.0. The van der Waals surface area contributed by atoms with E-state index in [9.17, 15) is 8.42 Å². The Kier molecular flexibility index (Phi) is 4.27. The molecule has 0 aromatic carbocycles. The fourth-order valence-electron chi connectivity index (χ4n) is 1.52. The summed E-state index contributed by atoms with van der Waals surface area (Å²) in [5.74, 6) is 5.26. The second-order valence-corrected chi connectivity index (χ2v) is 5.78. The van der Waals surface area contributed by atoms with Crippen molar-refractivity contribution in [2.45, 2.75) is 11.3 Å². The number of hydrogen-bond acceptors (Lipinski definition) is 7. The van der Waals surface area contributed by atoms with Gasteiger partial charge < -0.3 is 0 Å². The highest BCUT2D eigenvalue weighted by molar-refractivity contribution is 7.89. The third-order valence-corrected chi connectivity index (χ3v) is 3.93. The van der Waals surface area contributed by atoms with Gasteiger partial charge in [-0.3, -0.25) is 10.1 Å². The monoisotopic (exact) mass is 297 g/mol. The zero-order chi connectivity index (χ0) is 14.6. The van der Waals surface area contributed by atoms with Crippen LogP contribution in [-0.4, -0.2) is 34.7 Å². The zero-order valence-corrected chi connectivity index (χ0v) is 11.6. The molecular weight excluding hydrogens is 282 g/mol. The molecule has 2 heterocycles. The van der Waals surface area contributed by atoms with Crippen LogP contribution < -0.4 is 16.0 Å². The predicted octanol–water partition coefficient (Wildman–Crippen LogP) is -0.983. The molecule has 0 saturated heterocycles. The third kappa shape index (κ3) is 3.50. The molecule has 0 spiro atoms. The first kappa shape index (κ1) is 14.4. The molecule has 9 nitrogen and oxygen atoms in total. The Balaban J connectivity index is 1.96. The molecule has 0 aliphatic heterocycles. The fourth-order valence-corrected chi connectivity index (χ4v) is 2.44. The lowest BCUT2D eigenvalue weighted by molar-refractivity contribution is 0.580. The highest BCUT2D eigenvalue weighted by Crippen LogP contribution is 2.06. The summed E-state index contributed by atoms with van der Waals surface area (Å²) < 4.78 is 28.0. The number of aryl methyl sites for hydroxylation is 1. The van der Waals surface area contributed by atoms with E-state index in [0.29, 0.717) is 6.42 Å². The number of rotatable bonds is 6. The number of nitrogens with zero attached hydrogens (tertiary/aromatic N) is 4. The smallest absolute Gasteiger partial charge is 0.243 e. The molecule has 0 aliphatic carbocycles. The van der Waals surface area contributed by atoms with Gasteiger partial charge >= 0.3 is 0 Å². The summed E-state index contributed by atoms with van der Waals surface area (Å²) in [6.45, 7) is 0.246. The first-order chi connectivity index (χ1) is 9.51. The SMILES string of the molecule is Cn1ccc(CCNS(=O)(=O)c2cnc(NN)nc2)n1. The summed E-state index contributed by atoms with van der Waals surface area (Å²) in [6.07, 6.45) is 4.68. The summed E-state index contributed by atoms with van der Waals surface area (Å²) in [5.41, 5.74) is 3.04. The van der Waals surface area contributed by atoms with E-state index in [-0.39, 0.29) is 17.4 Å². The lowest BCUT2D eigenvalue weighted by Gasteiger charge is -2.05. The zero-order valence-electron chi connectivity index (χ0n) is 10.8. The lowest BCUT2D eigenvalue weighted by Crippen LogP contribution is -2.26. The fraction of sp³-hybridized carbons (Fsp3) is 0.300. The molecule has 10 heteroatoms. The molecule has 2 rings (SSSR count). The van der Waals surface area contributed by atoms with Gasteiger partial charge in [0.05, 0.1) is 18.1 Å². The number of nitrogen functional groups attached to an aromatic ring is 1. The van der Waals surface area contributed by atoms with Gasteiger partial charge in [-0.2, -0.15) is 5.10 Å². The van der Waals surface area contributed by atoms with Crippen LogP contribution in [0.4, 0.5) is 5.95 Å². The normalized spacial score (nSPS) is 11.5. The minimum atomic E-state index is -3.63. The molecule has 108 valence electrons. The van der Waals surface area contributed by atoms with E-state index in [2.05, 4.69) is 25.2 Å². The number of nitrogens with one attached hydrogen (secondary N) is 2. The largest absolute Gasteiger partial charge is 0.292 e.